The van der Waals surface area contributed by atoms with E-state index in [1.807, 2.05) is 6.07 Å². The van der Waals surface area contributed by atoms with E-state index < -0.39 is 0 Å². The Balaban J connectivity index is 1.91. The zero-order chi connectivity index (χ0) is 11.5. The molecule has 2 nitrogen and oxygen atoms in total. The molecule has 1 unspecified atom stereocenters. The molecule has 1 atom stereocenters. The van der Waals surface area contributed by atoms with Gasteiger partial charge >= 0.3 is 0 Å². The lowest BCUT2D eigenvalue weighted by atomic mass is 10.1. The Morgan fingerprint density at radius 1 is 1.12 bits per heavy atom. The van der Waals surface area contributed by atoms with Crippen LogP contribution in [-0.4, -0.2) is 11.1 Å². The van der Waals surface area contributed by atoms with E-state index in [0.29, 0.717) is 6.17 Å². The predicted octanol–water partition coefficient (Wildman–Crippen LogP) is 3.48. The van der Waals surface area contributed by atoms with E-state index in [2.05, 4.69) is 58.3 Å². The van der Waals surface area contributed by atoms with E-state index in [1.54, 1.807) is 0 Å². The summed E-state index contributed by atoms with van der Waals surface area (Å²) in [7, 11) is 0. The van der Waals surface area contributed by atoms with Crippen LogP contribution in [0.5, 0.6) is 0 Å². The first-order chi connectivity index (χ1) is 8.45. The largest absolute Gasteiger partial charge is 0.351 e. The van der Waals surface area contributed by atoms with E-state index in [-0.39, 0.29) is 0 Å². The van der Waals surface area contributed by atoms with Crippen LogP contribution in [0.25, 0.3) is 0 Å². The first-order valence-electron chi connectivity index (χ1n) is 6.30. The summed E-state index contributed by atoms with van der Waals surface area (Å²) in [6.07, 6.45) is 8.62. The van der Waals surface area contributed by atoms with Gasteiger partial charge in [-0.25, -0.2) is 0 Å². The molecule has 0 bridgehead atoms. The zero-order valence-corrected chi connectivity index (χ0v) is 9.92. The Morgan fingerprint density at radius 2 is 2.00 bits per heavy atom. The van der Waals surface area contributed by atoms with Gasteiger partial charge in [-0.3, -0.25) is 0 Å². The number of rotatable bonds is 2. The molecule has 3 rings (SSSR count). The van der Waals surface area contributed by atoms with Gasteiger partial charge < -0.3 is 9.47 Å². The standard InChI is InChI=1S/C15H17N2/c1-2-8-14(9-3-1)17-13-5-4-10-15(17)16-11-6-7-12-16/h1-2,6-9,11-12,15H,4-5,10,13H2. The number of anilines is 1. The molecule has 17 heavy (non-hydrogen) atoms. The minimum atomic E-state index is 0.467. The maximum absolute atomic E-state index is 3.17. The minimum Gasteiger partial charge on any atom is -0.351 e. The molecule has 0 aliphatic carbocycles. The van der Waals surface area contributed by atoms with Crippen LogP contribution < -0.4 is 4.90 Å². The highest BCUT2D eigenvalue weighted by molar-refractivity contribution is 5.46. The van der Waals surface area contributed by atoms with E-state index in [4.69, 9.17) is 0 Å². The van der Waals surface area contributed by atoms with Gasteiger partial charge in [-0.05, 0) is 49.6 Å². The summed E-state index contributed by atoms with van der Waals surface area (Å²) in [5, 5.41) is 0. The van der Waals surface area contributed by atoms with Crippen LogP contribution in [0.2, 0.25) is 0 Å². The Bertz CT molecular complexity index is 447. The van der Waals surface area contributed by atoms with Gasteiger partial charge in [0.25, 0.3) is 0 Å². The summed E-state index contributed by atoms with van der Waals surface area (Å²) < 4.78 is 2.31. The van der Waals surface area contributed by atoms with Gasteiger partial charge in [0.15, 0.2) is 0 Å². The fraction of sp³-hybridized carbons (Fsp3) is 0.333. The van der Waals surface area contributed by atoms with Gasteiger partial charge in [-0.2, -0.15) is 0 Å². The molecular formula is C15H17N2. The number of hydrogen-bond acceptors (Lipinski definition) is 1. The van der Waals surface area contributed by atoms with Crippen LogP contribution in [0.1, 0.15) is 25.4 Å². The molecule has 1 fully saturated rings. The third-order valence-electron chi connectivity index (χ3n) is 3.47. The lowest BCUT2D eigenvalue weighted by molar-refractivity contribution is 0.376. The average Bonchev–Trinajstić information content (AvgIpc) is 2.94. The maximum Gasteiger partial charge on any atom is 0.105 e. The Kier molecular flexibility index (Phi) is 2.87. The second-order valence-corrected chi connectivity index (χ2v) is 4.56. The molecular weight excluding hydrogens is 208 g/mol. The molecule has 87 valence electrons. The number of nitrogens with zero attached hydrogens (tertiary/aromatic N) is 2. The Hall–Kier alpha value is -1.70. The fourth-order valence-electron chi connectivity index (χ4n) is 2.63. The van der Waals surface area contributed by atoms with E-state index >= 15 is 0 Å². The van der Waals surface area contributed by atoms with Gasteiger partial charge in [0, 0.05) is 24.6 Å². The third kappa shape index (κ3) is 2.07. The molecule has 0 amide bonds. The van der Waals surface area contributed by atoms with Crippen molar-refractivity contribution < 1.29 is 0 Å². The van der Waals surface area contributed by atoms with Gasteiger partial charge in [-0.1, -0.05) is 12.1 Å². The van der Waals surface area contributed by atoms with Crippen LogP contribution in [0.15, 0.2) is 48.8 Å². The summed E-state index contributed by atoms with van der Waals surface area (Å²) in [5.41, 5.74) is 1.28. The van der Waals surface area contributed by atoms with Crippen molar-refractivity contribution in [1.82, 2.24) is 4.57 Å². The summed E-state index contributed by atoms with van der Waals surface area (Å²) in [4.78, 5) is 2.49. The van der Waals surface area contributed by atoms with E-state index in [1.165, 1.54) is 24.9 Å². The lowest BCUT2D eigenvalue weighted by Crippen LogP contribution is -2.36. The van der Waals surface area contributed by atoms with Gasteiger partial charge in [-0.15, -0.1) is 0 Å². The molecule has 0 N–H and O–H groups in total. The number of aromatic nitrogens is 1. The molecule has 1 radical (unpaired) electrons. The normalized spacial score (nSPS) is 20.5. The number of benzene rings is 1. The molecule has 1 aliphatic heterocycles. The highest BCUT2D eigenvalue weighted by atomic mass is 15.3. The van der Waals surface area contributed by atoms with Crippen LogP contribution in [-0.2, 0) is 0 Å². The third-order valence-corrected chi connectivity index (χ3v) is 3.47. The molecule has 2 heteroatoms. The summed E-state index contributed by atoms with van der Waals surface area (Å²) in [6.45, 7) is 1.14. The van der Waals surface area contributed by atoms with Crippen molar-refractivity contribution >= 4 is 5.69 Å². The quantitative estimate of drug-likeness (QED) is 0.759. The highest BCUT2D eigenvalue weighted by Gasteiger charge is 2.23. The number of hydrogen-bond donors (Lipinski definition) is 0. The average molecular weight is 225 g/mol. The summed E-state index contributed by atoms with van der Waals surface area (Å²) in [6, 6.07) is 15.7. The SMILES string of the molecule is [c]1cccc(N2CCCCC2n2cccc2)c1. The molecule has 1 aromatic carbocycles. The van der Waals surface area contributed by atoms with Crippen LogP contribution >= 0.6 is 0 Å². The van der Waals surface area contributed by atoms with Gasteiger partial charge in [0.2, 0.25) is 0 Å². The van der Waals surface area contributed by atoms with Crippen molar-refractivity contribution in [2.75, 3.05) is 11.4 Å². The summed E-state index contributed by atoms with van der Waals surface area (Å²) in [5.74, 6) is 0. The van der Waals surface area contributed by atoms with E-state index in [0.717, 1.165) is 6.54 Å². The van der Waals surface area contributed by atoms with Crippen molar-refractivity contribution in [3.8, 4) is 0 Å². The molecule has 1 aromatic heterocycles. The van der Waals surface area contributed by atoms with Crippen molar-refractivity contribution in [3.63, 3.8) is 0 Å². The van der Waals surface area contributed by atoms with Crippen molar-refractivity contribution in [3.05, 3.63) is 54.9 Å². The van der Waals surface area contributed by atoms with Gasteiger partial charge in [0.05, 0.1) is 0 Å². The molecule has 2 heterocycles. The first-order valence-corrected chi connectivity index (χ1v) is 6.30. The Labute approximate surface area is 102 Å². The molecule has 1 saturated heterocycles. The zero-order valence-electron chi connectivity index (χ0n) is 9.92. The van der Waals surface area contributed by atoms with Crippen LogP contribution in [0, 0.1) is 6.07 Å². The second-order valence-electron chi connectivity index (χ2n) is 4.56. The van der Waals surface area contributed by atoms with E-state index in [9.17, 15) is 0 Å². The Morgan fingerprint density at radius 3 is 2.76 bits per heavy atom. The minimum absolute atomic E-state index is 0.467. The monoisotopic (exact) mass is 225 g/mol. The fourth-order valence-corrected chi connectivity index (χ4v) is 2.63. The highest BCUT2D eigenvalue weighted by Crippen LogP contribution is 2.30. The number of piperidine rings is 1. The maximum atomic E-state index is 3.17. The smallest absolute Gasteiger partial charge is 0.105 e. The lowest BCUT2D eigenvalue weighted by Gasteiger charge is -2.38. The van der Waals surface area contributed by atoms with Crippen molar-refractivity contribution in [2.24, 2.45) is 0 Å². The van der Waals surface area contributed by atoms with Crippen LogP contribution in [0.4, 0.5) is 5.69 Å². The molecule has 0 spiro atoms. The molecule has 2 aromatic rings. The van der Waals surface area contributed by atoms with Crippen LogP contribution in [0.3, 0.4) is 0 Å². The first kappa shape index (κ1) is 10.5. The van der Waals surface area contributed by atoms with Crippen molar-refractivity contribution in [2.45, 2.75) is 25.4 Å². The molecule has 1 aliphatic rings. The molecule has 0 saturated carbocycles. The topological polar surface area (TPSA) is 8.17 Å². The second kappa shape index (κ2) is 4.66. The predicted molar refractivity (Wildman–Crippen MR) is 69.9 cm³/mol. The summed E-state index contributed by atoms with van der Waals surface area (Å²) >= 11 is 0. The van der Waals surface area contributed by atoms with Gasteiger partial charge in [0.1, 0.15) is 6.17 Å². The van der Waals surface area contributed by atoms with Crippen molar-refractivity contribution in [1.29, 1.82) is 0 Å².